The minimum absolute atomic E-state index is 0.00700. The lowest BCUT2D eigenvalue weighted by Gasteiger charge is -2.39. The van der Waals surface area contributed by atoms with Gasteiger partial charge in [0.15, 0.2) is 16.9 Å². The van der Waals surface area contributed by atoms with E-state index in [1.807, 2.05) is 0 Å². The van der Waals surface area contributed by atoms with Gasteiger partial charge in [0.2, 0.25) is 12.0 Å². The Labute approximate surface area is 192 Å². The molecule has 0 bridgehead atoms. The highest BCUT2D eigenvalue weighted by Gasteiger charge is 2.45. The summed E-state index contributed by atoms with van der Waals surface area (Å²) in [6.45, 7) is -0.655. The number of phenols is 1. The molecule has 3 aromatic rings. The van der Waals surface area contributed by atoms with E-state index in [9.17, 15) is 30.3 Å². The van der Waals surface area contributed by atoms with Crippen LogP contribution in [0.1, 0.15) is 0 Å². The predicted octanol–water partition coefficient (Wildman–Crippen LogP) is 0.361. The van der Waals surface area contributed by atoms with Crippen LogP contribution in [-0.4, -0.2) is 77.1 Å². The number of aliphatic hydroxyl groups excluding tert-OH is 4. The van der Waals surface area contributed by atoms with E-state index in [1.165, 1.54) is 26.4 Å². The Balaban J connectivity index is 1.78. The lowest BCUT2D eigenvalue weighted by Crippen LogP contribution is -2.60. The Hall–Kier alpha value is -3.35. The lowest BCUT2D eigenvalue weighted by atomic mass is 9.99. The molecule has 2 heterocycles. The molecule has 0 saturated carbocycles. The zero-order valence-corrected chi connectivity index (χ0v) is 18.2. The number of hydrogen-bond acceptors (Lipinski definition) is 11. The Morgan fingerprint density at radius 1 is 0.971 bits per heavy atom. The van der Waals surface area contributed by atoms with Crippen molar-refractivity contribution in [1.82, 2.24) is 0 Å². The molecule has 5 N–H and O–H groups in total. The molecule has 1 fully saturated rings. The van der Waals surface area contributed by atoms with Crippen LogP contribution < -0.4 is 19.6 Å². The summed E-state index contributed by atoms with van der Waals surface area (Å²) in [7, 11) is 2.77. The standard InChI is InChI=1S/C23H24O11/c1-30-11-5-3-10(4-6-11)13-7-12(25)17-14(32-13)8-15(19(27)22(17)31-2)33-23-21(29)20(28)18(26)16(9-24)34-23/h3-8,16,18,20-21,23-24,26-29H,9H2,1-2H3. The first kappa shape index (κ1) is 23.8. The first-order valence-corrected chi connectivity index (χ1v) is 10.3. The summed E-state index contributed by atoms with van der Waals surface area (Å²) in [6, 6.07) is 9.26. The highest BCUT2D eigenvalue weighted by Crippen LogP contribution is 2.43. The molecule has 1 aromatic heterocycles. The summed E-state index contributed by atoms with van der Waals surface area (Å²) in [6.07, 6.45) is -7.76. The molecule has 11 nitrogen and oxygen atoms in total. The fraction of sp³-hybridized carbons (Fsp3) is 0.348. The summed E-state index contributed by atoms with van der Waals surface area (Å²) in [5, 5.41) is 50.2. The van der Waals surface area contributed by atoms with Gasteiger partial charge in [-0.2, -0.15) is 0 Å². The average molecular weight is 476 g/mol. The minimum Gasteiger partial charge on any atom is -0.502 e. The van der Waals surface area contributed by atoms with Gasteiger partial charge in [0, 0.05) is 17.7 Å². The molecule has 0 amide bonds. The maximum atomic E-state index is 12.9. The minimum atomic E-state index is -1.71. The first-order valence-electron chi connectivity index (χ1n) is 10.3. The average Bonchev–Trinajstić information content (AvgIpc) is 2.85. The van der Waals surface area contributed by atoms with Gasteiger partial charge in [-0.3, -0.25) is 4.79 Å². The van der Waals surface area contributed by atoms with Crippen LogP contribution >= 0.6 is 0 Å². The number of aliphatic hydroxyl groups is 4. The van der Waals surface area contributed by atoms with E-state index in [1.54, 1.807) is 24.3 Å². The Morgan fingerprint density at radius 3 is 2.29 bits per heavy atom. The maximum absolute atomic E-state index is 12.9. The van der Waals surface area contributed by atoms with E-state index in [2.05, 4.69) is 0 Å². The molecule has 11 heteroatoms. The predicted molar refractivity (Wildman–Crippen MR) is 117 cm³/mol. The van der Waals surface area contributed by atoms with Crippen LogP contribution in [0.25, 0.3) is 22.3 Å². The van der Waals surface area contributed by atoms with E-state index >= 15 is 0 Å². The SMILES string of the molecule is COc1ccc(-c2cc(=O)c3c(OC)c(O)c(OC4OC(CO)C(O)C(O)C4O)cc3o2)cc1. The van der Waals surface area contributed by atoms with Crippen molar-refractivity contribution >= 4 is 11.0 Å². The van der Waals surface area contributed by atoms with E-state index in [0.717, 1.165) is 0 Å². The molecular formula is C23H24O11. The highest BCUT2D eigenvalue weighted by molar-refractivity contribution is 5.89. The Morgan fingerprint density at radius 2 is 1.68 bits per heavy atom. The topological polar surface area (TPSA) is 168 Å². The van der Waals surface area contributed by atoms with Crippen molar-refractivity contribution in [2.45, 2.75) is 30.7 Å². The lowest BCUT2D eigenvalue weighted by molar-refractivity contribution is -0.277. The summed E-state index contributed by atoms with van der Waals surface area (Å²) in [5.74, 6) is -0.243. The van der Waals surface area contributed by atoms with Crippen LogP contribution in [0.15, 0.2) is 45.6 Å². The van der Waals surface area contributed by atoms with Crippen LogP contribution in [0.4, 0.5) is 0 Å². The smallest absolute Gasteiger partial charge is 0.229 e. The molecule has 34 heavy (non-hydrogen) atoms. The molecular weight excluding hydrogens is 452 g/mol. The number of rotatable bonds is 6. The molecule has 0 radical (unpaired) electrons. The van der Waals surface area contributed by atoms with Gasteiger partial charge >= 0.3 is 0 Å². The third kappa shape index (κ3) is 4.15. The first-order chi connectivity index (χ1) is 16.3. The molecule has 5 unspecified atom stereocenters. The summed E-state index contributed by atoms with van der Waals surface area (Å²) in [5.41, 5.74) is 0.106. The molecule has 0 spiro atoms. The number of hydrogen-bond donors (Lipinski definition) is 5. The van der Waals surface area contributed by atoms with Crippen molar-refractivity contribution in [3.05, 3.63) is 46.6 Å². The Bertz CT molecular complexity index is 1220. The van der Waals surface area contributed by atoms with Crippen molar-refractivity contribution in [3.63, 3.8) is 0 Å². The third-order valence-corrected chi connectivity index (χ3v) is 5.58. The van der Waals surface area contributed by atoms with Gasteiger partial charge < -0.3 is 48.9 Å². The quantitative estimate of drug-likeness (QED) is 0.333. The number of aromatic hydroxyl groups is 1. The number of ether oxygens (including phenoxy) is 4. The van der Waals surface area contributed by atoms with Crippen molar-refractivity contribution in [3.8, 4) is 34.3 Å². The molecule has 4 rings (SSSR count). The maximum Gasteiger partial charge on any atom is 0.229 e. The molecule has 2 aromatic carbocycles. The van der Waals surface area contributed by atoms with Gasteiger partial charge in [0.25, 0.3) is 0 Å². The molecule has 5 atom stereocenters. The van der Waals surface area contributed by atoms with E-state index in [4.69, 9.17) is 23.4 Å². The van der Waals surface area contributed by atoms with Gasteiger partial charge in [0.05, 0.1) is 20.8 Å². The molecule has 1 aliphatic heterocycles. The molecule has 0 aliphatic carbocycles. The molecule has 1 aliphatic rings. The fourth-order valence-corrected chi connectivity index (χ4v) is 3.73. The van der Waals surface area contributed by atoms with Crippen molar-refractivity contribution in [2.75, 3.05) is 20.8 Å². The van der Waals surface area contributed by atoms with Gasteiger partial charge in [-0.05, 0) is 24.3 Å². The second kappa shape index (κ2) is 9.49. The van der Waals surface area contributed by atoms with E-state index in [0.29, 0.717) is 11.3 Å². The third-order valence-electron chi connectivity index (χ3n) is 5.58. The summed E-state index contributed by atoms with van der Waals surface area (Å²) >= 11 is 0. The molecule has 182 valence electrons. The number of benzene rings is 2. The Kier molecular flexibility index (Phi) is 6.64. The van der Waals surface area contributed by atoms with E-state index in [-0.39, 0.29) is 28.2 Å². The summed E-state index contributed by atoms with van der Waals surface area (Å²) in [4.78, 5) is 12.9. The zero-order valence-electron chi connectivity index (χ0n) is 18.2. The van der Waals surface area contributed by atoms with Gasteiger partial charge in [-0.1, -0.05) is 0 Å². The van der Waals surface area contributed by atoms with Crippen molar-refractivity contribution in [1.29, 1.82) is 0 Å². The van der Waals surface area contributed by atoms with Crippen LogP contribution in [0.3, 0.4) is 0 Å². The zero-order chi connectivity index (χ0) is 24.6. The van der Waals surface area contributed by atoms with Crippen molar-refractivity contribution < 1.29 is 48.9 Å². The van der Waals surface area contributed by atoms with Crippen LogP contribution in [0.2, 0.25) is 0 Å². The molecule has 1 saturated heterocycles. The summed E-state index contributed by atoms with van der Waals surface area (Å²) < 4.78 is 27.1. The second-order valence-electron chi connectivity index (χ2n) is 7.65. The monoisotopic (exact) mass is 476 g/mol. The van der Waals surface area contributed by atoms with Crippen LogP contribution in [0.5, 0.6) is 23.0 Å². The largest absolute Gasteiger partial charge is 0.502 e. The highest BCUT2D eigenvalue weighted by atomic mass is 16.7. The number of fused-ring (bicyclic) bond motifs is 1. The number of methoxy groups -OCH3 is 2. The van der Waals surface area contributed by atoms with Crippen LogP contribution in [0, 0.1) is 0 Å². The normalized spacial score (nSPS) is 24.7. The van der Waals surface area contributed by atoms with Gasteiger partial charge in [-0.15, -0.1) is 0 Å². The van der Waals surface area contributed by atoms with Gasteiger partial charge in [0.1, 0.15) is 46.9 Å². The van der Waals surface area contributed by atoms with Gasteiger partial charge in [-0.25, -0.2) is 0 Å². The van der Waals surface area contributed by atoms with E-state index < -0.39 is 48.5 Å². The second-order valence-corrected chi connectivity index (χ2v) is 7.65. The van der Waals surface area contributed by atoms with Crippen molar-refractivity contribution in [2.24, 2.45) is 0 Å². The number of phenolic OH excluding ortho intramolecular Hbond substituents is 1. The van der Waals surface area contributed by atoms with Crippen LogP contribution in [-0.2, 0) is 4.74 Å². The fourth-order valence-electron chi connectivity index (χ4n) is 3.73.